The minimum atomic E-state index is 0.0327. The number of hydrogen-bond acceptors (Lipinski definition) is 7. The van der Waals surface area contributed by atoms with Gasteiger partial charge < -0.3 is 19.3 Å². The van der Waals surface area contributed by atoms with E-state index in [-0.39, 0.29) is 12.5 Å². The van der Waals surface area contributed by atoms with E-state index in [1.165, 1.54) is 18.4 Å². The summed E-state index contributed by atoms with van der Waals surface area (Å²) in [4.78, 5) is 29.9. The van der Waals surface area contributed by atoms with Crippen LogP contribution < -0.4 is 9.64 Å². The van der Waals surface area contributed by atoms with Gasteiger partial charge in [0, 0.05) is 45.6 Å². The number of pyridine rings is 1. The van der Waals surface area contributed by atoms with Crippen LogP contribution in [0.1, 0.15) is 24.3 Å². The highest BCUT2D eigenvalue weighted by molar-refractivity contribution is 5.93. The molecule has 31 heavy (non-hydrogen) atoms. The molecule has 9 nitrogen and oxygen atoms in total. The maximum Gasteiger partial charge on any atom is 0.248 e. The summed E-state index contributed by atoms with van der Waals surface area (Å²) in [5.41, 5.74) is 3.07. The monoisotopic (exact) mass is 422 g/mol. The Labute approximate surface area is 180 Å². The highest BCUT2D eigenvalue weighted by Crippen LogP contribution is 2.46. The Kier molecular flexibility index (Phi) is 5.19. The lowest BCUT2D eigenvalue weighted by molar-refractivity contribution is -0.135. The third kappa shape index (κ3) is 3.69. The number of amides is 1. The molecule has 0 bridgehead atoms. The number of nitrogens with zero attached hydrogens (tertiary/aromatic N) is 6. The number of methoxy groups -OCH3 is 2. The average Bonchev–Trinajstić information content (AvgIpc) is 3.59. The molecule has 2 fully saturated rings. The summed E-state index contributed by atoms with van der Waals surface area (Å²) in [6, 6.07) is 1.96. The Hall–Kier alpha value is -3.20. The maximum atomic E-state index is 12.2. The van der Waals surface area contributed by atoms with E-state index in [2.05, 4.69) is 30.6 Å². The molecule has 9 heteroatoms. The number of fused-ring (bicyclic) bond motifs is 1. The number of rotatable bonds is 6. The Morgan fingerprint density at radius 1 is 1.13 bits per heavy atom. The molecule has 0 spiro atoms. The first kappa shape index (κ1) is 19.7. The van der Waals surface area contributed by atoms with Gasteiger partial charge in [-0.15, -0.1) is 0 Å². The lowest BCUT2D eigenvalue weighted by atomic mass is 10.1. The highest BCUT2D eigenvalue weighted by atomic mass is 16.5. The van der Waals surface area contributed by atoms with E-state index in [0.717, 1.165) is 35.6 Å². The molecule has 162 valence electrons. The summed E-state index contributed by atoms with van der Waals surface area (Å²) < 4.78 is 12.4. The number of hydrogen-bond donors (Lipinski definition) is 0. The van der Waals surface area contributed by atoms with Crippen molar-refractivity contribution in [2.45, 2.75) is 18.8 Å². The molecule has 1 aliphatic carbocycles. The first-order valence-corrected chi connectivity index (χ1v) is 10.6. The third-order valence-electron chi connectivity index (χ3n) is 6.02. The molecule has 0 atom stereocenters. The molecule has 0 N–H and O–H groups in total. The summed E-state index contributed by atoms with van der Waals surface area (Å²) in [7, 11) is 3.19. The maximum absolute atomic E-state index is 12.2. The molecule has 1 saturated heterocycles. The second-order valence-electron chi connectivity index (χ2n) is 8.01. The van der Waals surface area contributed by atoms with Crippen LogP contribution in [0.5, 0.6) is 5.75 Å². The van der Waals surface area contributed by atoms with Crippen LogP contribution in [0.2, 0.25) is 0 Å². The van der Waals surface area contributed by atoms with Crippen LogP contribution in [-0.2, 0) is 9.53 Å². The SMILES string of the molecule is COCC(=O)N1CCN(c2ncnc3c2c(C2CC2)cn3-c2cncc(OC)c2)CC1. The standard InChI is InChI=1S/C22H26N6O3/c1-30-13-19(29)26-5-7-27(8-6-26)21-20-18(15-3-4-15)12-28(22(20)25-14-24-21)16-9-17(31-2)11-23-10-16/h9-12,14-15H,3-8,13H2,1-2H3. The van der Waals surface area contributed by atoms with E-state index in [1.54, 1.807) is 26.7 Å². The van der Waals surface area contributed by atoms with Gasteiger partial charge in [-0.2, -0.15) is 0 Å². The normalized spacial score (nSPS) is 16.7. The molecule has 3 aromatic heterocycles. The smallest absolute Gasteiger partial charge is 0.248 e. The predicted molar refractivity (Wildman–Crippen MR) is 116 cm³/mol. The lowest BCUT2D eigenvalue weighted by Crippen LogP contribution is -2.50. The fraction of sp³-hybridized carbons (Fsp3) is 0.455. The van der Waals surface area contributed by atoms with Crippen LogP contribution >= 0.6 is 0 Å². The van der Waals surface area contributed by atoms with Gasteiger partial charge in [0.15, 0.2) is 0 Å². The van der Waals surface area contributed by atoms with Crippen LogP contribution in [0.3, 0.4) is 0 Å². The molecular formula is C22H26N6O3. The summed E-state index contributed by atoms with van der Waals surface area (Å²) >= 11 is 0. The van der Waals surface area contributed by atoms with Crippen molar-refractivity contribution < 1.29 is 14.3 Å². The van der Waals surface area contributed by atoms with Crippen molar-refractivity contribution >= 4 is 22.8 Å². The van der Waals surface area contributed by atoms with Gasteiger partial charge in [-0.3, -0.25) is 14.3 Å². The van der Waals surface area contributed by atoms with Crippen molar-refractivity contribution in [3.8, 4) is 11.4 Å². The van der Waals surface area contributed by atoms with Gasteiger partial charge in [-0.1, -0.05) is 0 Å². The van der Waals surface area contributed by atoms with E-state index < -0.39 is 0 Å². The first-order valence-electron chi connectivity index (χ1n) is 10.6. The van der Waals surface area contributed by atoms with Crippen molar-refractivity contribution in [1.82, 2.24) is 24.4 Å². The van der Waals surface area contributed by atoms with E-state index in [4.69, 9.17) is 9.47 Å². The topological polar surface area (TPSA) is 85.6 Å². The Morgan fingerprint density at radius 2 is 1.94 bits per heavy atom. The molecule has 0 aromatic carbocycles. The molecule has 1 saturated carbocycles. The van der Waals surface area contributed by atoms with Crippen LogP contribution in [0.25, 0.3) is 16.7 Å². The number of piperazine rings is 1. The highest BCUT2D eigenvalue weighted by Gasteiger charge is 2.32. The number of carbonyl (C=O) groups is 1. The molecule has 5 rings (SSSR count). The Morgan fingerprint density at radius 3 is 2.65 bits per heavy atom. The molecule has 1 amide bonds. The molecule has 1 aliphatic heterocycles. The van der Waals surface area contributed by atoms with Crippen LogP contribution in [-0.4, -0.2) is 77.3 Å². The number of aromatic nitrogens is 4. The van der Waals surface area contributed by atoms with E-state index in [1.807, 2.05) is 17.2 Å². The molecule has 3 aromatic rings. The Balaban J connectivity index is 1.52. The molecule has 0 radical (unpaired) electrons. The summed E-state index contributed by atoms with van der Waals surface area (Å²) in [5, 5.41) is 1.10. The molecule has 4 heterocycles. The molecular weight excluding hydrogens is 396 g/mol. The number of anilines is 1. The van der Waals surface area contributed by atoms with Crippen molar-refractivity contribution in [2.75, 3.05) is 51.9 Å². The van der Waals surface area contributed by atoms with Gasteiger partial charge in [0.05, 0.1) is 30.6 Å². The Bertz CT molecular complexity index is 1100. The van der Waals surface area contributed by atoms with E-state index >= 15 is 0 Å². The van der Waals surface area contributed by atoms with Gasteiger partial charge in [0.1, 0.15) is 30.1 Å². The second kappa shape index (κ2) is 8.14. The quantitative estimate of drug-likeness (QED) is 0.601. The first-order chi connectivity index (χ1) is 15.2. The largest absolute Gasteiger partial charge is 0.495 e. The van der Waals surface area contributed by atoms with Gasteiger partial charge in [-0.05, 0) is 24.3 Å². The van der Waals surface area contributed by atoms with Crippen molar-refractivity contribution in [3.63, 3.8) is 0 Å². The summed E-state index contributed by atoms with van der Waals surface area (Å²) in [5.74, 6) is 2.22. The lowest BCUT2D eigenvalue weighted by Gasteiger charge is -2.35. The second-order valence-corrected chi connectivity index (χ2v) is 8.01. The average molecular weight is 422 g/mol. The zero-order valence-corrected chi connectivity index (χ0v) is 17.8. The summed E-state index contributed by atoms with van der Waals surface area (Å²) in [6.45, 7) is 2.91. The van der Waals surface area contributed by atoms with Crippen molar-refractivity contribution in [2.24, 2.45) is 0 Å². The minimum absolute atomic E-state index is 0.0327. The van der Waals surface area contributed by atoms with Gasteiger partial charge in [0.25, 0.3) is 0 Å². The van der Waals surface area contributed by atoms with E-state index in [0.29, 0.717) is 24.8 Å². The van der Waals surface area contributed by atoms with Crippen molar-refractivity contribution in [3.05, 3.63) is 36.5 Å². The van der Waals surface area contributed by atoms with Gasteiger partial charge in [-0.25, -0.2) is 9.97 Å². The van der Waals surface area contributed by atoms with Gasteiger partial charge >= 0.3 is 0 Å². The zero-order chi connectivity index (χ0) is 21.4. The van der Waals surface area contributed by atoms with Crippen LogP contribution in [0, 0.1) is 0 Å². The van der Waals surface area contributed by atoms with E-state index in [9.17, 15) is 4.79 Å². The number of ether oxygens (including phenoxy) is 2. The van der Waals surface area contributed by atoms with Crippen LogP contribution in [0.4, 0.5) is 5.82 Å². The van der Waals surface area contributed by atoms with Crippen LogP contribution in [0.15, 0.2) is 31.0 Å². The third-order valence-corrected chi connectivity index (χ3v) is 6.02. The van der Waals surface area contributed by atoms with Gasteiger partial charge in [0.2, 0.25) is 5.91 Å². The molecule has 2 aliphatic rings. The minimum Gasteiger partial charge on any atom is -0.495 e. The molecule has 0 unspecified atom stereocenters. The predicted octanol–water partition coefficient (Wildman–Crippen LogP) is 2.00. The fourth-order valence-corrected chi connectivity index (χ4v) is 4.25. The zero-order valence-electron chi connectivity index (χ0n) is 17.8. The summed E-state index contributed by atoms with van der Waals surface area (Å²) in [6.07, 6.45) is 9.69. The number of carbonyl (C=O) groups excluding carboxylic acids is 1. The fourth-order valence-electron chi connectivity index (χ4n) is 4.25. The van der Waals surface area contributed by atoms with Crippen molar-refractivity contribution in [1.29, 1.82) is 0 Å².